The number of ether oxygens (including phenoxy) is 1. The molecule has 1 aliphatic heterocycles. The summed E-state index contributed by atoms with van der Waals surface area (Å²) in [5.41, 5.74) is 0.972. The number of amides is 2. The van der Waals surface area contributed by atoms with Gasteiger partial charge in [0.25, 0.3) is 5.91 Å². The van der Waals surface area contributed by atoms with E-state index in [9.17, 15) is 14.7 Å². The Hall–Kier alpha value is -2.08. The number of nitrogens with zero attached hydrogens (tertiary/aromatic N) is 2. The average Bonchev–Trinajstić information content (AvgIpc) is 2.59. The van der Waals surface area contributed by atoms with Gasteiger partial charge in [0.15, 0.2) is 0 Å². The zero-order valence-corrected chi connectivity index (χ0v) is 15.3. The number of aryl methyl sites for hydroxylation is 1. The van der Waals surface area contributed by atoms with Crippen molar-refractivity contribution in [2.75, 3.05) is 32.8 Å². The lowest BCUT2D eigenvalue weighted by Gasteiger charge is -2.34. The van der Waals surface area contributed by atoms with Gasteiger partial charge in [-0.15, -0.1) is 0 Å². The smallest absolute Gasteiger partial charge is 0.409 e. The highest BCUT2D eigenvalue weighted by atomic mass is 16.6. The maximum absolute atomic E-state index is 12.7. The Kier molecular flexibility index (Phi) is 6.42. The van der Waals surface area contributed by atoms with Gasteiger partial charge < -0.3 is 19.6 Å². The Bertz CT molecular complexity index is 602. The van der Waals surface area contributed by atoms with E-state index >= 15 is 0 Å². The molecule has 0 atom stereocenters. The number of carbonyl (C=O) groups is 2. The molecule has 138 valence electrons. The SMILES string of the molecule is CCOC(=O)N1CCN(C(=O)c2cccc(CCC(C)(C)O)c2)CC1. The molecular formula is C19H28N2O4. The van der Waals surface area contributed by atoms with E-state index in [-0.39, 0.29) is 12.0 Å². The average molecular weight is 348 g/mol. The second-order valence-electron chi connectivity index (χ2n) is 6.99. The Balaban J connectivity index is 1.94. The van der Waals surface area contributed by atoms with Gasteiger partial charge in [-0.1, -0.05) is 12.1 Å². The Morgan fingerprint density at radius 2 is 1.80 bits per heavy atom. The van der Waals surface area contributed by atoms with E-state index in [1.54, 1.807) is 30.6 Å². The molecule has 0 unspecified atom stereocenters. The van der Waals surface area contributed by atoms with Crippen LogP contribution in [0.2, 0.25) is 0 Å². The third-order valence-corrected chi connectivity index (χ3v) is 4.29. The predicted octanol–water partition coefficient (Wildman–Crippen LogP) is 2.30. The summed E-state index contributed by atoms with van der Waals surface area (Å²) in [4.78, 5) is 27.8. The number of benzene rings is 1. The van der Waals surface area contributed by atoms with E-state index in [1.165, 1.54) is 0 Å². The van der Waals surface area contributed by atoms with Crippen LogP contribution in [0.5, 0.6) is 0 Å². The molecule has 6 heteroatoms. The number of rotatable bonds is 5. The zero-order valence-electron chi connectivity index (χ0n) is 15.3. The van der Waals surface area contributed by atoms with Crippen LogP contribution >= 0.6 is 0 Å². The summed E-state index contributed by atoms with van der Waals surface area (Å²) in [5.74, 6) is -0.0198. The van der Waals surface area contributed by atoms with Crippen molar-refractivity contribution in [3.63, 3.8) is 0 Å². The summed E-state index contributed by atoms with van der Waals surface area (Å²) in [6, 6.07) is 7.56. The van der Waals surface area contributed by atoms with Gasteiger partial charge in [-0.05, 0) is 51.3 Å². The van der Waals surface area contributed by atoms with Crippen molar-refractivity contribution >= 4 is 12.0 Å². The number of hydrogen-bond acceptors (Lipinski definition) is 4. The van der Waals surface area contributed by atoms with Crippen molar-refractivity contribution in [3.8, 4) is 0 Å². The number of carbonyl (C=O) groups excluding carboxylic acids is 2. The lowest BCUT2D eigenvalue weighted by Crippen LogP contribution is -2.50. The second-order valence-corrected chi connectivity index (χ2v) is 6.99. The molecule has 0 radical (unpaired) electrons. The van der Waals surface area contributed by atoms with Gasteiger partial charge >= 0.3 is 6.09 Å². The van der Waals surface area contributed by atoms with Crippen LogP contribution < -0.4 is 0 Å². The van der Waals surface area contributed by atoms with Gasteiger partial charge in [-0.25, -0.2) is 4.79 Å². The summed E-state index contributed by atoms with van der Waals surface area (Å²) < 4.78 is 4.99. The predicted molar refractivity (Wildman–Crippen MR) is 95.6 cm³/mol. The molecule has 0 bridgehead atoms. The first-order valence-corrected chi connectivity index (χ1v) is 8.82. The fourth-order valence-corrected chi connectivity index (χ4v) is 2.80. The molecule has 0 spiro atoms. The van der Waals surface area contributed by atoms with E-state index in [0.29, 0.717) is 44.8 Å². The minimum Gasteiger partial charge on any atom is -0.450 e. The van der Waals surface area contributed by atoms with Crippen LogP contribution in [0.15, 0.2) is 24.3 Å². The first-order valence-electron chi connectivity index (χ1n) is 8.82. The molecule has 25 heavy (non-hydrogen) atoms. The van der Waals surface area contributed by atoms with Crippen LogP contribution in [-0.4, -0.2) is 65.3 Å². The summed E-state index contributed by atoms with van der Waals surface area (Å²) in [5, 5.41) is 9.85. The zero-order chi connectivity index (χ0) is 18.4. The van der Waals surface area contributed by atoms with E-state index < -0.39 is 5.60 Å². The monoisotopic (exact) mass is 348 g/mol. The number of piperazine rings is 1. The van der Waals surface area contributed by atoms with Crippen molar-refractivity contribution in [1.82, 2.24) is 9.80 Å². The van der Waals surface area contributed by atoms with Crippen LogP contribution in [0.3, 0.4) is 0 Å². The molecular weight excluding hydrogens is 320 g/mol. The lowest BCUT2D eigenvalue weighted by molar-refractivity contribution is 0.0570. The Labute approximate surface area is 149 Å². The fraction of sp³-hybridized carbons (Fsp3) is 0.579. The first kappa shape index (κ1) is 19.2. The molecule has 1 fully saturated rings. The minimum atomic E-state index is -0.719. The van der Waals surface area contributed by atoms with E-state index in [0.717, 1.165) is 12.0 Å². The summed E-state index contributed by atoms with van der Waals surface area (Å²) in [6.45, 7) is 7.69. The number of aliphatic hydroxyl groups is 1. The summed E-state index contributed by atoms with van der Waals surface area (Å²) in [7, 11) is 0. The Morgan fingerprint density at radius 1 is 1.16 bits per heavy atom. The van der Waals surface area contributed by atoms with Gasteiger partial charge in [-0.3, -0.25) is 4.79 Å². The van der Waals surface area contributed by atoms with Crippen LogP contribution in [0.1, 0.15) is 43.1 Å². The van der Waals surface area contributed by atoms with Crippen LogP contribution in [0.4, 0.5) is 4.79 Å². The van der Waals surface area contributed by atoms with Gasteiger partial charge in [0.1, 0.15) is 0 Å². The van der Waals surface area contributed by atoms with Crippen molar-refractivity contribution in [2.45, 2.75) is 39.2 Å². The fourth-order valence-electron chi connectivity index (χ4n) is 2.80. The quantitative estimate of drug-likeness (QED) is 0.886. The van der Waals surface area contributed by atoms with Gasteiger partial charge in [0.05, 0.1) is 12.2 Å². The normalized spacial score (nSPS) is 15.2. The molecule has 1 N–H and O–H groups in total. The van der Waals surface area contributed by atoms with Gasteiger partial charge in [-0.2, -0.15) is 0 Å². The standard InChI is InChI=1S/C19H28N2O4/c1-4-25-18(23)21-12-10-20(11-13-21)17(22)16-7-5-6-15(14-16)8-9-19(2,3)24/h5-7,14,24H,4,8-13H2,1-3H3. The summed E-state index contributed by atoms with van der Waals surface area (Å²) in [6.07, 6.45) is 1.05. The highest BCUT2D eigenvalue weighted by molar-refractivity contribution is 5.94. The third-order valence-electron chi connectivity index (χ3n) is 4.29. The molecule has 2 amide bonds. The van der Waals surface area contributed by atoms with E-state index in [4.69, 9.17) is 4.74 Å². The lowest BCUT2D eigenvalue weighted by atomic mass is 9.97. The third kappa shape index (κ3) is 5.74. The largest absolute Gasteiger partial charge is 0.450 e. The second kappa shape index (κ2) is 8.34. The van der Waals surface area contributed by atoms with Crippen molar-refractivity contribution in [2.24, 2.45) is 0 Å². The molecule has 1 heterocycles. The summed E-state index contributed by atoms with van der Waals surface area (Å²) >= 11 is 0. The first-order chi connectivity index (χ1) is 11.8. The molecule has 0 aromatic heterocycles. The van der Waals surface area contributed by atoms with Crippen LogP contribution in [-0.2, 0) is 11.2 Å². The maximum atomic E-state index is 12.7. The van der Waals surface area contributed by atoms with Crippen molar-refractivity contribution in [1.29, 1.82) is 0 Å². The molecule has 1 aromatic rings. The van der Waals surface area contributed by atoms with Crippen LogP contribution in [0.25, 0.3) is 0 Å². The molecule has 1 aliphatic rings. The van der Waals surface area contributed by atoms with E-state index in [1.807, 2.05) is 24.3 Å². The van der Waals surface area contributed by atoms with Gasteiger partial charge in [0, 0.05) is 31.7 Å². The number of hydrogen-bond donors (Lipinski definition) is 1. The highest BCUT2D eigenvalue weighted by Gasteiger charge is 2.25. The molecule has 0 saturated carbocycles. The molecule has 1 aromatic carbocycles. The molecule has 1 saturated heterocycles. The van der Waals surface area contributed by atoms with Crippen LogP contribution in [0, 0.1) is 0 Å². The van der Waals surface area contributed by atoms with Crippen molar-refractivity contribution < 1.29 is 19.4 Å². The Morgan fingerprint density at radius 3 is 2.40 bits per heavy atom. The molecule has 2 rings (SSSR count). The highest BCUT2D eigenvalue weighted by Crippen LogP contribution is 2.16. The maximum Gasteiger partial charge on any atom is 0.409 e. The minimum absolute atomic E-state index is 0.0198. The molecule has 0 aliphatic carbocycles. The van der Waals surface area contributed by atoms with Crippen molar-refractivity contribution in [3.05, 3.63) is 35.4 Å². The van der Waals surface area contributed by atoms with Gasteiger partial charge in [0.2, 0.25) is 0 Å². The molecule has 6 nitrogen and oxygen atoms in total. The van der Waals surface area contributed by atoms with E-state index in [2.05, 4.69) is 0 Å². The topological polar surface area (TPSA) is 70.1 Å².